The van der Waals surface area contributed by atoms with Crippen molar-refractivity contribution in [1.82, 2.24) is 4.90 Å². The molecule has 25 heavy (non-hydrogen) atoms. The van der Waals surface area contributed by atoms with Crippen molar-refractivity contribution in [3.8, 4) is 5.75 Å². The molecule has 6 heteroatoms. The van der Waals surface area contributed by atoms with Gasteiger partial charge in [0.15, 0.2) is 6.04 Å². The van der Waals surface area contributed by atoms with Crippen LogP contribution in [0.2, 0.25) is 0 Å². The first-order valence-electron chi connectivity index (χ1n) is 8.69. The second-order valence-electron chi connectivity index (χ2n) is 6.39. The van der Waals surface area contributed by atoms with E-state index in [1.54, 1.807) is 6.08 Å². The van der Waals surface area contributed by atoms with Gasteiger partial charge in [-0.15, -0.1) is 0 Å². The maximum atomic E-state index is 12.3. The van der Waals surface area contributed by atoms with Crippen molar-refractivity contribution in [1.29, 1.82) is 0 Å². The van der Waals surface area contributed by atoms with Crippen molar-refractivity contribution in [3.05, 3.63) is 35.9 Å². The van der Waals surface area contributed by atoms with Crippen molar-refractivity contribution < 1.29 is 24.2 Å². The molecule has 1 saturated carbocycles. The molecule has 0 spiro atoms. The van der Waals surface area contributed by atoms with E-state index in [1.165, 1.54) is 23.8 Å². The number of carboxylic acids is 1. The molecule has 134 valence electrons. The van der Waals surface area contributed by atoms with E-state index in [1.807, 2.05) is 24.3 Å². The first kappa shape index (κ1) is 17.5. The molecular weight excluding hydrogens is 322 g/mol. The molecule has 2 aliphatic rings. The number of rotatable bonds is 5. The smallest absolute Gasteiger partial charge is 0.328 e. The lowest BCUT2D eigenvalue weighted by Crippen LogP contribution is -2.52. The summed E-state index contributed by atoms with van der Waals surface area (Å²) in [5.74, 6) is -0.567. The van der Waals surface area contributed by atoms with E-state index in [9.17, 15) is 14.7 Å². The fraction of sp³-hybridized carbons (Fsp3) is 0.474. The van der Waals surface area contributed by atoms with Crippen LogP contribution in [0.1, 0.15) is 31.2 Å². The number of nitrogens with zero attached hydrogens (tertiary/aromatic N) is 1. The lowest BCUT2D eigenvalue weighted by Gasteiger charge is -2.31. The first-order chi connectivity index (χ1) is 12.1. The minimum atomic E-state index is -1.05. The first-order valence-corrected chi connectivity index (χ1v) is 8.69. The molecule has 1 atom stereocenters. The summed E-state index contributed by atoms with van der Waals surface area (Å²) in [4.78, 5) is 24.9. The quantitative estimate of drug-likeness (QED) is 0.829. The summed E-state index contributed by atoms with van der Waals surface area (Å²) in [7, 11) is 0. The molecule has 0 bridgehead atoms. The topological polar surface area (TPSA) is 76.1 Å². The number of hydrogen-bond donors (Lipinski definition) is 1. The van der Waals surface area contributed by atoms with Gasteiger partial charge < -0.3 is 19.5 Å². The molecule has 2 fully saturated rings. The summed E-state index contributed by atoms with van der Waals surface area (Å²) in [5.41, 5.74) is 0.851. The van der Waals surface area contributed by atoms with Gasteiger partial charge in [-0.2, -0.15) is 0 Å². The summed E-state index contributed by atoms with van der Waals surface area (Å²) in [5, 5.41) is 9.20. The summed E-state index contributed by atoms with van der Waals surface area (Å²) in [6, 6.07) is 6.67. The lowest BCUT2D eigenvalue weighted by molar-refractivity contribution is -0.156. The Morgan fingerprint density at radius 3 is 2.84 bits per heavy atom. The van der Waals surface area contributed by atoms with Crippen molar-refractivity contribution in [2.45, 2.75) is 37.8 Å². The Morgan fingerprint density at radius 2 is 2.08 bits per heavy atom. The Hall–Kier alpha value is -2.34. The summed E-state index contributed by atoms with van der Waals surface area (Å²) >= 11 is 0. The molecule has 6 nitrogen and oxygen atoms in total. The third-order valence-corrected chi connectivity index (χ3v) is 4.58. The second kappa shape index (κ2) is 8.16. The highest BCUT2D eigenvalue weighted by atomic mass is 16.5. The van der Waals surface area contributed by atoms with Gasteiger partial charge in [0.05, 0.1) is 19.3 Å². The van der Waals surface area contributed by atoms with Crippen molar-refractivity contribution >= 4 is 18.0 Å². The van der Waals surface area contributed by atoms with Gasteiger partial charge in [0.1, 0.15) is 5.75 Å². The zero-order valence-corrected chi connectivity index (χ0v) is 14.1. The summed E-state index contributed by atoms with van der Waals surface area (Å²) in [6.45, 7) is 0.665. The zero-order chi connectivity index (χ0) is 17.6. The number of morpholine rings is 1. The average Bonchev–Trinajstić information content (AvgIpc) is 3.13. The number of carbonyl (C=O) groups is 2. The van der Waals surface area contributed by atoms with Crippen LogP contribution in [0.5, 0.6) is 5.75 Å². The van der Waals surface area contributed by atoms with Crippen LogP contribution >= 0.6 is 0 Å². The highest BCUT2D eigenvalue weighted by Gasteiger charge is 2.31. The Bertz CT molecular complexity index is 651. The average molecular weight is 345 g/mol. The van der Waals surface area contributed by atoms with E-state index in [-0.39, 0.29) is 25.2 Å². The van der Waals surface area contributed by atoms with Crippen LogP contribution in [0.3, 0.4) is 0 Å². The maximum absolute atomic E-state index is 12.3. The maximum Gasteiger partial charge on any atom is 0.328 e. The molecule has 1 aromatic carbocycles. The minimum Gasteiger partial charge on any atom is -0.490 e. The molecule has 1 saturated heterocycles. The predicted molar refractivity (Wildman–Crippen MR) is 92.3 cm³/mol. The van der Waals surface area contributed by atoms with E-state index in [0.29, 0.717) is 6.61 Å². The SMILES string of the molecule is O=C(O)C1COCCN1C(=O)C=Cc1cccc(OC2CCCC2)c1. The van der Waals surface area contributed by atoms with Crippen molar-refractivity contribution in [2.75, 3.05) is 19.8 Å². The van der Waals surface area contributed by atoms with Gasteiger partial charge in [-0.25, -0.2) is 4.79 Å². The third kappa shape index (κ3) is 4.60. The van der Waals surface area contributed by atoms with Crippen molar-refractivity contribution in [2.24, 2.45) is 0 Å². The highest BCUT2D eigenvalue weighted by molar-refractivity contribution is 5.94. The molecule has 1 N–H and O–H groups in total. The number of hydrogen-bond acceptors (Lipinski definition) is 4. The van der Waals surface area contributed by atoms with Crippen LogP contribution in [-0.4, -0.2) is 53.8 Å². The number of amides is 1. The van der Waals surface area contributed by atoms with Crippen LogP contribution in [0.15, 0.2) is 30.3 Å². The van der Waals surface area contributed by atoms with Crippen LogP contribution in [0.25, 0.3) is 6.08 Å². The Morgan fingerprint density at radius 1 is 1.28 bits per heavy atom. The van der Waals surface area contributed by atoms with Crippen LogP contribution in [-0.2, 0) is 14.3 Å². The predicted octanol–water partition coefficient (Wildman–Crippen LogP) is 2.33. The van der Waals surface area contributed by atoms with Gasteiger partial charge in [-0.3, -0.25) is 4.79 Å². The number of carbonyl (C=O) groups excluding carboxylic acids is 1. The molecule has 1 aliphatic heterocycles. The molecule has 1 heterocycles. The van der Waals surface area contributed by atoms with E-state index in [2.05, 4.69) is 0 Å². The standard InChI is InChI=1S/C19H23NO5/c21-18(20-10-11-24-13-17(20)19(22)23)9-8-14-4-3-7-16(12-14)25-15-5-1-2-6-15/h3-4,7-9,12,15,17H,1-2,5-6,10-11,13H2,(H,22,23). The van der Waals surface area contributed by atoms with Gasteiger partial charge in [-0.1, -0.05) is 12.1 Å². The van der Waals surface area contributed by atoms with E-state index in [0.717, 1.165) is 24.2 Å². The monoisotopic (exact) mass is 345 g/mol. The number of carboxylic acid groups (broad SMARTS) is 1. The van der Waals surface area contributed by atoms with Gasteiger partial charge >= 0.3 is 5.97 Å². The van der Waals surface area contributed by atoms with Gasteiger partial charge in [0.2, 0.25) is 5.91 Å². The Balaban J connectivity index is 1.64. The minimum absolute atomic E-state index is 0.0274. The fourth-order valence-electron chi connectivity index (χ4n) is 3.23. The van der Waals surface area contributed by atoms with Crippen LogP contribution in [0, 0.1) is 0 Å². The Kier molecular flexibility index (Phi) is 5.71. The normalized spacial score (nSPS) is 21.6. The molecule has 1 aromatic rings. The van der Waals surface area contributed by atoms with Crippen molar-refractivity contribution in [3.63, 3.8) is 0 Å². The van der Waals surface area contributed by atoms with Gasteiger partial charge in [0, 0.05) is 12.6 Å². The molecule has 1 amide bonds. The molecule has 1 aliphatic carbocycles. The molecule has 1 unspecified atom stereocenters. The summed E-state index contributed by atoms with van der Waals surface area (Å²) < 4.78 is 11.1. The highest BCUT2D eigenvalue weighted by Crippen LogP contribution is 2.24. The third-order valence-electron chi connectivity index (χ3n) is 4.58. The molecule has 0 radical (unpaired) electrons. The van der Waals surface area contributed by atoms with Crippen LogP contribution in [0.4, 0.5) is 0 Å². The van der Waals surface area contributed by atoms with Gasteiger partial charge in [-0.05, 0) is 49.5 Å². The van der Waals surface area contributed by atoms with E-state index < -0.39 is 12.0 Å². The molecular formula is C19H23NO5. The largest absolute Gasteiger partial charge is 0.490 e. The number of aliphatic carboxylic acids is 1. The van der Waals surface area contributed by atoms with E-state index >= 15 is 0 Å². The zero-order valence-electron chi connectivity index (χ0n) is 14.1. The van der Waals surface area contributed by atoms with E-state index in [4.69, 9.17) is 9.47 Å². The Labute approximate surface area is 147 Å². The summed E-state index contributed by atoms with van der Waals surface area (Å²) in [6.07, 6.45) is 7.99. The second-order valence-corrected chi connectivity index (χ2v) is 6.39. The fourth-order valence-corrected chi connectivity index (χ4v) is 3.23. The van der Waals surface area contributed by atoms with Gasteiger partial charge in [0.25, 0.3) is 0 Å². The number of benzene rings is 1. The van der Waals surface area contributed by atoms with Crippen LogP contribution < -0.4 is 4.74 Å². The number of ether oxygens (including phenoxy) is 2. The lowest BCUT2D eigenvalue weighted by atomic mass is 10.1. The molecule has 3 rings (SSSR count). The molecule has 0 aromatic heterocycles.